The van der Waals surface area contributed by atoms with Gasteiger partial charge in [0.25, 0.3) is 0 Å². The van der Waals surface area contributed by atoms with E-state index >= 15 is 0 Å². The van der Waals surface area contributed by atoms with Gasteiger partial charge in [0.15, 0.2) is 0 Å². The van der Waals surface area contributed by atoms with Gasteiger partial charge in [-0.15, -0.1) is 11.3 Å². The van der Waals surface area contributed by atoms with E-state index in [9.17, 15) is 0 Å². The van der Waals surface area contributed by atoms with E-state index in [1.807, 2.05) is 11.4 Å². The molecule has 1 rings (SSSR count). The molecule has 0 saturated carbocycles. The Hall–Kier alpha value is 0.0600. The third-order valence-electron chi connectivity index (χ3n) is 2.11. The first-order chi connectivity index (χ1) is 7.19. The molecule has 2 N–H and O–H groups in total. The van der Waals surface area contributed by atoms with Gasteiger partial charge in [-0.1, -0.05) is 0 Å². The van der Waals surface area contributed by atoms with Crippen LogP contribution in [0.25, 0.3) is 0 Å². The molecule has 0 aliphatic carbocycles. The number of aliphatic hydroxyl groups excluding tert-OH is 1. The SMILES string of the molecule is COCC(CO)NC(C)c1sccc1Br. The van der Waals surface area contributed by atoms with Gasteiger partial charge >= 0.3 is 0 Å². The monoisotopic (exact) mass is 293 g/mol. The Morgan fingerprint density at radius 2 is 2.40 bits per heavy atom. The Balaban J connectivity index is 2.54. The Kier molecular flexibility index (Phi) is 5.78. The first-order valence-electron chi connectivity index (χ1n) is 4.77. The van der Waals surface area contributed by atoms with Gasteiger partial charge in [-0.05, 0) is 34.3 Å². The van der Waals surface area contributed by atoms with Gasteiger partial charge in [0, 0.05) is 22.5 Å². The van der Waals surface area contributed by atoms with E-state index in [1.165, 1.54) is 4.88 Å². The van der Waals surface area contributed by atoms with Gasteiger partial charge in [0.05, 0.1) is 19.3 Å². The lowest BCUT2D eigenvalue weighted by Gasteiger charge is -2.20. The molecule has 2 unspecified atom stereocenters. The number of hydrogen-bond acceptors (Lipinski definition) is 4. The van der Waals surface area contributed by atoms with Gasteiger partial charge in [-0.25, -0.2) is 0 Å². The number of ether oxygens (including phenoxy) is 1. The Bertz CT molecular complexity index is 293. The summed E-state index contributed by atoms with van der Waals surface area (Å²) in [6.45, 7) is 2.68. The number of halogens is 1. The number of aliphatic hydroxyl groups is 1. The summed E-state index contributed by atoms with van der Waals surface area (Å²) >= 11 is 5.19. The summed E-state index contributed by atoms with van der Waals surface area (Å²) in [7, 11) is 1.63. The van der Waals surface area contributed by atoms with Gasteiger partial charge < -0.3 is 15.2 Å². The maximum atomic E-state index is 9.12. The van der Waals surface area contributed by atoms with Crippen LogP contribution < -0.4 is 5.32 Å². The van der Waals surface area contributed by atoms with E-state index in [0.29, 0.717) is 6.61 Å². The lowest BCUT2D eigenvalue weighted by molar-refractivity contribution is 0.123. The van der Waals surface area contributed by atoms with Crippen molar-refractivity contribution in [3.63, 3.8) is 0 Å². The van der Waals surface area contributed by atoms with Crippen LogP contribution in [-0.2, 0) is 4.74 Å². The predicted octanol–water partition coefficient (Wildman–Crippen LogP) is 2.17. The molecule has 0 aliphatic rings. The maximum Gasteiger partial charge on any atom is 0.0638 e. The number of hydrogen-bond donors (Lipinski definition) is 2. The third-order valence-corrected chi connectivity index (χ3v) is 4.17. The Morgan fingerprint density at radius 3 is 2.87 bits per heavy atom. The van der Waals surface area contributed by atoms with Crippen molar-refractivity contribution in [1.82, 2.24) is 5.32 Å². The molecular weight excluding hydrogens is 278 g/mol. The van der Waals surface area contributed by atoms with Crippen LogP contribution in [0.5, 0.6) is 0 Å². The number of methoxy groups -OCH3 is 1. The minimum atomic E-state index is -0.0148. The van der Waals surface area contributed by atoms with E-state index in [2.05, 4.69) is 28.2 Å². The van der Waals surface area contributed by atoms with Crippen molar-refractivity contribution in [1.29, 1.82) is 0 Å². The fourth-order valence-electron chi connectivity index (χ4n) is 1.40. The molecule has 2 atom stereocenters. The van der Waals surface area contributed by atoms with Crippen LogP contribution in [0, 0.1) is 0 Å². The molecule has 0 aromatic carbocycles. The topological polar surface area (TPSA) is 41.5 Å². The van der Waals surface area contributed by atoms with Crippen molar-refractivity contribution in [2.75, 3.05) is 20.3 Å². The molecule has 86 valence electrons. The normalized spacial score (nSPS) is 15.2. The molecule has 15 heavy (non-hydrogen) atoms. The standard InChI is InChI=1S/C10H16BrNO2S/c1-7(10-9(11)3-4-15-10)12-8(5-13)6-14-2/h3-4,7-8,12-13H,5-6H2,1-2H3. The van der Waals surface area contributed by atoms with Crippen LogP contribution in [-0.4, -0.2) is 31.5 Å². The van der Waals surface area contributed by atoms with Gasteiger partial charge in [0.1, 0.15) is 0 Å². The molecule has 0 amide bonds. The summed E-state index contributed by atoms with van der Waals surface area (Å²) in [5.41, 5.74) is 0. The van der Waals surface area contributed by atoms with E-state index in [0.717, 1.165) is 4.47 Å². The fourth-order valence-corrected chi connectivity index (χ4v) is 3.13. The number of thiophene rings is 1. The van der Waals surface area contributed by atoms with Crippen LogP contribution in [0.3, 0.4) is 0 Å². The summed E-state index contributed by atoms with van der Waals surface area (Å²) in [4.78, 5) is 1.24. The smallest absolute Gasteiger partial charge is 0.0638 e. The average Bonchev–Trinajstić information content (AvgIpc) is 2.63. The molecule has 0 saturated heterocycles. The quantitative estimate of drug-likeness (QED) is 0.845. The molecule has 5 heteroatoms. The van der Waals surface area contributed by atoms with Crippen LogP contribution in [0.4, 0.5) is 0 Å². The lowest BCUT2D eigenvalue weighted by Crippen LogP contribution is -2.37. The van der Waals surface area contributed by atoms with Gasteiger partial charge in [-0.2, -0.15) is 0 Å². The minimum Gasteiger partial charge on any atom is -0.395 e. The highest BCUT2D eigenvalue weighted by Gasteiger charge is 2.15. The zero-order chi connectivity index (χ0) is 11.3. The fraction of sp³-hybridized carbons (Fsp3) is 0.600. The van der Waals surface area contributed by atoms with Crippen LogP contribution in [0.15, 0.2) is 15.9 Å². The first-order valence-corrected chi connectivity index (χ1v) is 6.45. The van der Waals surface area contributed by atoms with E-state index in [4.69, 9.17) is 9.84 Å². The average molecular weight is 294 g/mol. The Labute approximate surface area is 103 Å². The van der Waals surface area contributed by atoms with Crippen LogP contribution >= 0.6 is 27.3 Å². The summed E-state index contributed by atoms with van der Waals surface area (Å²) in [5.74, 6) is 0. The second kappa shape index (κ2) is 6.60. The molecular formula is C10H16BrNO2S. The largest absolute Gasteiger partial charge is 0.395 e. The van der Waals surface area contributed by atoms with Crippen LogP contribution in [0.1, 0.15) is 17.8 Å². The lowest BCUT2D eigenvalue weighted by atomic mass is 10.2. The van der Waals surface area contributed by atoms with Crippen molar-refractivity contribution in [2.45, 2.75) is 19.0 Å². The number of rotatable bonds is 6. The summed E-state index contributed by atoms with van der Waals surface area (Å²) in [6.07, 6.45) is 0. The van der Waals surface area contributed by atoms with Crippen molar-refractivity contribution < 1.29 is 9.84 Å². The molecule has 1 heterocycles. The zero-order valence-corrected chi connectivity index (χ0v) is 11.3. The highest BCUT2D eigenvalue weighted by molar-refractivity contribution is 9.10. The summed E-state index contributed by atoms with van der Waals surface area (Å²) in [5, 5.41) is 14.5. The zero-order valence-electron chi connectivity index (χ0n) is 8.87. The van der Waals surface area contributed by atoms with Crippen LogP contribution in [0.2, 0.25) is 0 Å². The van der Waals surface area contributed by atoms with Gasteiger partial charge in [-0.3, -0.25) is 0 Å². The maximum absolute atomic E-state index is 9.12. The second-order valence-corrected chi connectivity index (χ2v) is 5.16. The second-order valence-electron chi connectivity index (χ2n) is 3.36. The highest BCUT2D eigenvalue weighted by Crippen LogP contribution is 2.28. The third kappa shape index (κ3) is 3.85. The molecule has 0 fully saturated rings. The molecule has 0 aliphatic heterocycles. The molecule has 1 aromatic rings. The van der Waals surface area contributed by atoms with Gasteiger partial charge in [0.2, 0.25) is 0 Å². The van der Waals surface area contributed by atoms with E-state index < -0.39 is 0 Å². The molecule has 0 spiro atoms. The number of nitrogens with one attached hydrogen (secondary N) is 1. The first kappa shape index (κ1) is 13.1. The Morgan fingerprint density at radius 1 is 1.67 bits per heavy atom. The molecule has 1 aromatic heterocycles. The van der Waals surface area contributed by atoms with Crippen molar-refractivity contribution >= 4 is 27.3 Å². The van der Waals surface area contributed by atoms with Crippen molar-refractivity contribution in [3.8, 4) is 0 Å². The summed E-state index contributed by atoms with van der Waals surface area (Å²) < 4.78 is 6.13. The summed E-state index contributed by atoms with van der Waals surface area (Å²) in [6, 6.07) is 2.23. The molecule has 0 radical (unpaired) electrons. The van der Waals surface area contributed by atoms with E-state index in [-0.39, 0.29) is 18.7 Å². The minimum absolute atomic E-state index is 0.0148. The van der Waals surface area contributed by atoms with Crippen molar-refractivity contribution in [3.05, 3.63) is 20.8 Å². The highest BCUT2D eigenvalue weighted by atomic mass is 79.9. The molecule has 0 bridgehead atoms. The van der Waals surface area contributed by atoms with E-state index in [1.54, 1.807) is 18.4 Å². The predicted molar refractivity (Wildman–Crippen MR) is 66.3 cm³/mol. The molecule has 3 nitrogen and oxygen atoms in total. The van der Waals surface area contributed by atoms with Crippen molar-refractivity contribution in [2.24, 2.45) is 0 Å².